The summed E-state index contributed by atoms with van der Waals surface area (Å²) < 4.78 is 25.9. The molecule has 0 radical (unpaired) electrons. The Kier molecular flexibility index (Phi) is 5.51. The van der Waals surface area contributed by atoms with Crippen LogP contribution in [0.1, 0.15) is 28.5 Å². The summed E-state index contributed by atoms with van der Waals surface area (Å²) in [5.41, 5.74) is 1.51. The van der Waals surface area contributed by atoms with E-state index in [1.807, 2.05) is 0 Å². The summed E-state index contributed by atoms with van der Waals surface area (Å²) in [6.45, 7) is 5.76. The van der Waals surface area contributed by atoms with Crippen molar-refractivity contribution in [3.8, 4) is 5.75 Å². The molecule has 0 amide bonds. The van der Waals surface area contributed by atoms with E-state index in [2.05, 4.69) is 11.7 Å². The molecule has 1 aromatic carbocycles. The van der Waals surface area contributed by atoms with Gasteiger partial charge in [-0.3, -0.25) is 4.68 Å². The van der Waals surface area contributed by atoms with Gasteiger partial charge < -0.3 is 9.47 Å². The molecule has 0 aliphatic rings. The molecule has 5 nitrogen and oxygen atoms in total. The van der Waals surface area contributed by atoms with Gasteiger partial charge in [0.1, 0.15) is 6.61 Å². The van der Waals surface area contributed by atoms with E-state index in [0.29, 0.717) is 17.5 Å². The number of carbonyl (C=O) groups is 1. The predicted molar refractivity (Wildman–Crippen MR) is 84.1 cm³/mol. The van der Waals surface area contributed by atoms with E-state index < -0.39 is 11.8 Å². The zero-order valence-electron chi connectivity index (χ0n) is 13.2. The summed E-state index contributed by atoms with van der Waals surface area (Å²) in [5, 5.41) is 4.13. The topological polar surface area (TPSA) is 53.4 Å². The van der Waals surface area contributed by atoms with Gasteiger partial charge in [0.05, 0.1) is 6.61 Å². The zero-order valence-corrected chi connectivity index (χ0v) is 13.2. The Bertz CT molecular complexity index is 710. The Morgan fingerprint density at radius 3 is 2.91 bits per heavy atom. The molecular weight excluding hydrogens is 299 g/mol. The summed E-state index contributed by atoms with van der Waals surface area (Å²) in [5.74, 6) is -0.787. The van der Waals surface area contributed by atoms with E-state index in [1.165, 1.54) is 10.7 Å². The molecular formula is C17H19FN2O3. The maximum atomic E-state index is 14.0. The number of halogens is 1. The number of ether oxygens (including phenoxy) is 2. The van der Waals surface area contributed by atoms with Gasteiger partial charge in [0.2, 0.25) is 0 Å². The van der Waals surface area contributed by atoms with Gasteiger partial charge in [-0.25, -0.2) is 9.18 Å². The Morgan fingerprint density at radius 2 is 2.22 bits per heavy atom. The summed E-state index contributed by atoms with van der Waals surface area (Å²) in [6.07, 6.45) is 3.57. The van der Waals surface area contributed by atoms with E-state index in [4.69, 9.17) is 9.47 Å². The van der Waals surface area contributed by atoms with Crippen LogP contribution in [0.2, 0.25) is 0 Å². The quantitative estimate of drug-likeness (QED) is 0.582. The van der Waals surface area contributed by atoms with Crippen LogP contribution in [0.15, 0.2) is 37.1 Å². The average Bonchev–Trinajstić information content (AvgIpc) is 2.88. The van der Waals surface area contributed by atoms with Gasteiger partial charge in [0, 0.05) is 30.8 Å². The van der Waals surface area contributed by atoms with Crippen LogP contribution in [-0.4, -0.2) is 29.0 Å². The Morgan fingerprint density at radius 1 is 1.43 bits per heavy atom. The fraction of sp³-hybridized carbons (Fsp3) is 0.294. The summed E-state index contributed by atoms with van der Waals surface area (Å²) in [7, 11) is 1.72. The number of hydrogen-bond donors (Lipinski definition) is 0. The van der Waals surface area contributed by atoms with Crippen LogP contribution < -0.4 is 4.74 Å². The van der Waals surface area contributed by atoms with E-state index in [1.54, 1.807) is 38.4 Å². The normalized spacial score (nSPS) is 10.4. The highest BCUT2D eigenvalue weighted by atomic mass is 19.1. The molecule has 0 aliphatic heterocycles. The third kappa shape index (κ3) is 3.97. The van der Waals surface area contributed by atoms with Crippen molar-refractivity contribution in [2.45, 2.75) is 13.3 Å². The van der Waals surface area contributed by atoms with Crippen molar-refractivity contribution >= 4 is 5.97 Å². The van der Waals surface area contributed by atoms with Crippen LogP contribution in [0.3, 0.4) is 0 Å². The van der Waals surface area contributed by atoms with Crippen LogP contribution in [-0.2, 0) is 18.2 Å². The maximum absolute atomic E-state index is 14.0. The van der Waals surface area contributed by atoms with Crippen LogP contribution in [0.4, 0.5) is 4.39 Å². The first-order valence-corrected chi connectivity index (χ1v) is 7.27. The number of nitrogens with zero attached hydrogens (tertiary/aromatic N) is 2. The van der Waals surface area contributed by atoms with Crippen LogP contribution in [0, 0.1) is 5.82 Å². The minimum atomic E-state index is -0.493. The van der Waals surface area contributed by atoms with Gasteiger partial charge >= 0.3 is 5.97 Å². The molecule has 2 aromatic rings. The molecule has 0 fully saturated rings. The molecule has 23 heavy (non-hydrogen) atoms. The van der Waals surface area contributed by atoms with Crippen molar-refractivity contribution in [1.82, 2.24) is 9.78 Å². The fourth-order valence-corrected chi connectivity index (χ4v) is 2.24. The maximum Gasteiger partial charge on any atom is 0.359 e. The smallest absolute Gasteiger partial charge is 0.359 e. The van der Waals surface area contributed by atoms with Gasteiger partial charge in [-0.1, -0.05) is 24.8 Å². The number of aryl methyl sites for hydroxylation is 1. The second-order valence-electron chi connectivity index (χ2n) is 4.90. The molecule has 1 aromatic heterocycles. The van der Waals surface area contributed by atoms with Crippen molar-refractivity contribution < 1.29 is 18.7 Å². The Labute approximate surface area is 134 Å². The van der Waals surface area contributed by atoms with E-state index in [9.17, 15) is 9.18 Å². The first-order chi connectivity index (χ1) is 11.1. The molecule has 0 saturated heterocycles. The largest absolute Gasteiger partial charge is 0.486 e. The molecule has 122 valence electrons. The lowest BCUT2D eigenvalue weighted by atomic mass is 10.0. The minimum absolute atomic E-state index is 0.158. The minimum Gasteiger partial charge on any atom is -0.486 e. The summed E-state index contributed by atoms with van der Waals surface area (Å²) >= 11 is 0. The number of carbonyl (C=O) groups excluding carboxylic acids is 1. The Balaban J connectivity index is 2.34. The highest BCUT2D eigenvalue weighted by Gasteiger charge is 2.19. The lowest BCUT2D eigenvalue weighted by molar-refractivity contribution is 0.0517. The third-order valence-electron chi connectivity index (χ3n) is 3.15. The molecule has 0 atom stereocenters. The van der Waals surface area contributed by atoms with Crippen molar-refractivity contribution in [2.24, 2.45) is 7.05 Å². The molecule has 0 bridgehead atoms. The molecule has 6 heteroatoms. The molecule has 2 rings (SSSR count). The number of hydrogen-bond acceptors (Lipinski definition) is 4. The van der Waals surface area contributed by atoms with E-state index in [-0.39, 0.29) is 24.7 Å². The SMILES string of the molecule is C=CCOc1c(F)cccc1Cc1cn(C)nc1C(=O)OCC. The van der Waals surface area contributed by atoms with Crippen LogP contribution in [0.25, 0.3) is 0 Å². The van der Waals surface area contributed by atoms with E-state index in [0.717, 1.165) is 0 Å². The van der Waals surface area contributed by atoms with Gasteiger partial charge in [0.25, 0.3) is 0 Å². The summed E-state index contributed by atoms with van der Waals surface area (Å²) in [4.78, 5) is 12.0. The molecule has 0 unspecified atom stereocenters. The lowest BCUT2D eigenvalue weighted by Crippen LogP contribution is -2.09. The van der Waals surface area contributed by atoms with Gasteiger partial charge in [-0.05, 0) is 13.0 Å². The highest BCUT2D eigenvalue weighted by molar-refractivity contribution is 5.89. The molecule has 0 aliphatic carbocycles. The standard InChI is InChI=1S/C17H19FN2O3/c1-4-9-23-16-12(7-6-8-14(16)18)10-13-11-20(3)19-15(13)17(21)22-5-2/h4,6-8,11H,1,5,9-10H2,2-3H3. The molecule has 0 spiro atoms. The second-order valence-corrected chi connectivity index (χ2v) is 4.90. The van der Waals surface area contributed by atoms with Crippen molar-refractivity contribution in [2.75, 3.05) is 13.2 Å². The number of para-hydroxylation sites is 1. The fourth-order valence-electron chi connectivity index (χ4n) is 2.24. The first kappa shape index (κ1) is 16.7. The monoisotopic (exact) mass is 318 g/mol. The third-order valence-corrected chi connectivity index (χ3v) is 3.15. The van der Waals surface area contributed by atoms with Gasteiger partial charge in [0.15, 0.2) is 17.3 Å². The van der Waals surface area contributed by atoms with E-state index >= 15 is 0 Å². The lowest BCUT2D eigenvalue weighted by Gasteiger charge is -2.11. The van der Waals surface area contributed by atoms with Gasteiger partial charge in [-0.15, -0.1) is 0 Å². The molecule has 1 heterocycles. The van der Waals surface area contributed by atoms with Crippen molar-refractivity contribution in [3.63, 3.8) is 0 Å². The number of aromatic nitrogens is 2. The van der Waals surface area contributed by atoms with Crippen molar-refractivity contribution in [3.05, 3.63) is 59.7 Å². The summed E-state index contributed by atoms with van der Waals surface area (Å²) in [6, 6.07) is 4.69. The highest BCUT2D eigenvalue weighted by Crippen LogP contribution is 2.26. The predicted octanol–water partition coefficient (Wildman–Crippen LogP) is 2.89. The zero-order chi connectivity index (χ0) is 16.8. The molecule has 0 N–H and O–H groups in total. The second kappa shape index (κ2) is 7.58. The number of esters is 1. The molecule has 0 saturated carbocycles. The first-order valence-electron chi connectivity index (χ1n) is 7.27. The van der Waals surface area contributed by atoms with Crippen LogP contribution in [0.5, 0.6) is 5.75 Å². The Hall–Kier alpha value is -2.63. The number of rotatable bonds is 7. The van der Waals surface area contributed by atoms with Gasteiger partial charge in [-0.2, -0.15) is 5.10 Å². The van der Waals surface area contributed by atoms with Crippen LogP contribution >= 0.6 is 0 Å². The number of benzene rings is 1. The average molecular weight is 318 g/mol. The van der Waals surface area contributed by atoms with Crippen molar-refractivity contribution in [1.29, 1.82) is 0 Å².